The standard InChI is InChI=1S/C19H32N4O2/c1-16-6-5-7-18(17(16)2)22-9-11-23(12-10-22)19(20-3)21-8-13-25-15-14-24-4/h5-7H,8-15H2,1-4H3,(H,20,21). The first-order valence-electron chi connectivity index (χ1n) is 9.00. The van der Waals surface area contributed by atoms with Gasteiger partial charge >= 0.3 is 0 Å². The van der Waals surface area contributed by atoms with Gasteiger partial charge in [0.25, 0.3) is 0 Å². The zero-order chi connectivity index (χ0) is 18.1. The molecule has 0 radical (unpaired) electrons. The molecule has 0 aromatic heterocycles. The third-order valence-corrected chi connectivity index (χ3v) is 4.67. The van der Waals surface area contributed by atoms with Crippen LogP contribution in [0.2, 0.25) is 0 Å². The zero-order valence-corrected chi connectivity index (χ0v) is 16.0. The Hall–Kier alpha value is -1.79. The van der Waals surface area contributed by atoms with Gasteiger partial charge in [0.1, 0.15) is 0 Å². The van der Waals surface area contributed by atoms with Crippen molar-refractivity contribution in [2.24, 2.45) is 4.99 Å². The number of hydrogen-bond acceptors (Lipinski definition) is 4. The molecule has 1 heterocycles. The highest BCUT2D eigenvalue weighted by Crippen LogP contribution is 2.23. The van der Waals surface area contributed by atoms with E-state index in [1.165, 1.54) is 16.8 Å². The average molecular weight is 348 g/mol. The zero-order valence-electron chi connectivity index (χ0n) is 16.0. The molecule has 1 aliphatic heterocycles. The summed E-state index contributed by atoms with van der Waals surface area (Å²) in [4.78, 5) is 9.20. The van der Waals surface area contributed by atoms with Crippen LogP contribution in [-0.2, 0) is 9.47 Å². The van der Waals surface area contributed by atoms with Crippen LogP contribution >= 0.6 is 0 Å². The number of hydrogen-bond donors (Lipinski definition) is 1. The number of nitrogens with one attached hydrogen (secondary N) is 1. The van der Waals surface area contributed by atoms with Crippen molar-refractivity contribution in [1.82, 2.24) is 10.2 Å². The number of aryl methyl sites for hydroxylation is 1. The molecule has 0 saturated carbocycles. The van der Waals surface area contributed by atoms with Gasteiger partial charge in [-0.2, -0.15) is 0 Å². The van der Waals surface area contributed by atoms with E-state index in [2.05, 4.69) is 52.2 Å². The van der Waals surface area contributed by atoms with Crippen LogP contribution in [0.25, 0.3) is 0 Å². The summed E-state index contributed by atoms with van der Waals surface area (Å²) in [5.74, 6) is 0.955. The molecule has 6 heteroatoms. The SMILES string of the molecule is CN=C(NCCOCCOC)N1CCN(c2cccc(C)c2C)CC1. The number of ether oxygens (including phenoxy) is 2. The predicted molar refractivity (Wildman–Crippen MR) is 104 cm³/mol. The molecule has 1 aromatic carbocycles. The number of guanidine groups is 1. The minimum Gasteiger partial charge on any atom is -0.382 e. The van der Waals surface area contributed by atoms with Crippen molar-refractivity contribution in [1.29, 1.82) is 0 Å². The molecule has 140 valence electrons. The van der Waals surface area contributed by atoms with E-state index in [4.69, 9.17) is 9.47 Å². The molecule has 0 aliphatic carbocycles. The Bertz CT molecular complexity index is 554. The van der Waals surface area contributed by atoms with Gasteiger partial charge in [0.05, 0.1) is 19.8 Å². The van der Waals surface area contributed by atoms with Gasteiger partial charge in [-0.25, -0.2) is 0 Å². The van der Waals surface area contributed by atoms with Crippen LogP contribution in [0.15, 0.2) is 23.2 Å². The fourth-order valence-corrected chi connectivity index (χ4v) is 3.05. The number of methoxy groups -OCH3 is 1. The van der Waals surface area contributed by atoms with Gasteiger partial charge in [-0.15, -0.1) is 0 Å². The molecule has 0 amide bonds. The predicted octanol–water partition coefficient (Wildman–Crippen LogP) is 1.66. The lowest BCUT2D eigenvalue weighted by Gasteiger charge is -2.38. The second-order valence-corrected chi connectivity index (χ2v) is 6.27. The largest absolute Gasteiger partial charge is 0.382 e. The number of piperazine rings is 1. The molecule has 1 fully saturated rings. The monoisotopic (exact) mass is 348 g/mol. The van der Waals surface area contributed by atoms with E-state index >= 15 is 0 Å². The maximum atomic E-state index is 5.49. The Labute approximate surface area is 151 Å². The maximum absolute atomic E-state index is 5.49. The summed E-state index contributed by atoms with van der Waals surface area (Å²) in [5.41, 5.74) is 4.09. The third-order valence-electron chi connectivity index (χ3n) is 4.67. The lowest BCUT2D eigenvalue weighted by atomic mass is 10.1. The van der Waals surface area contributed by atoms with Crippen molar-refractivity contribution < 1.29 is 9.47 Å². The van der Waals surface area contributed by atoms with Crippen molar-refractivity contribution >= 4 is 11.6 Å². The minimum absolute atomic E-state index is 0.630. The van der Waals surface area contributed by atoms with Gasteiger partial charge in [-0.1, -0.05) is 12.1 Å². The van der Waals surface area contributed by atoms with Crippen molar-refractivity contribution in [2.75, 3.05) is 71.6 Å². The van der Waals surface area contributed by atoms with E-state index in [-0.39, 0.29) is 0 Å². The van der Waals surface area contributed by atoms with Crippen LogP contribution in [0.4, 0.5) is 5.69 Å². The molecular weight excluding hydrogens is 316 g/mol. The van der Waals surface area contributed by atoms with Crippen LogP contribution in [-0.4, -0.2) is 77.6 Å². The quantitative estimate of drug-likeness (QED) is 0.461. The number of rotatable bonds is 7. The Morgan fingerprint density at radius 3 is 2.56 bits per heavy atom. The Morgan fingerprint density at radius 1 is 1.12 bits per heavy atom. The Balaban J connectivity index is 1.79. The summed E-state index contributed by atoms with van der Waals surface area (Å²) in [6.45, 7) is 11.0. The van der Waals surface area contributed by atoms with Crippen molar-refractivity contribution in [3.8, 4) is 0 Å². The Kier molecular flexibility index (Phi) is 8.01. The summed E-state index contributed by atoms with van der Waals surface area (Å²) in [6.07, 6.45) is 0. The number of benzene rings is 1. The number of aliphatic imine (C=N–C) groups is 1. The van der Waals surface area contributed by atoms with Gasteiger partial charge in [0.2, 0.25) is 0 Å². The van der Waals surface area contributed by atoms with Crippen LogP contribution in [0.1, 0.15) is 11.1 Å². The summed E-state index contributed by atoms with van der Waals surface area (Å²) >= 11 is 0. The molecule has 6 nitrogen and oxygen atoms in total. The average Bonchev–Trinajstić information content (AvgIpc) is 2.64. The van der Waals surface area contributed by atoms with Gasteiger partial charge < -0.3 is 24.6 Å². The van der Waals surface area contributed by atoms with Crippen molar-refractivity contribution in [3.05, 3.63) is 29.3 Å². The van der Waals surface area contributed by atoms with Gasteiger partial charge in [0, 0.05) is 52.6 Å². The topological polar surface area (TPSA) is 49.3 Å². The first kappa shape index (κ1) is 19.5. The molecule has 25 heavy (non-hydrogen) atoms. The molecule has 2 rings (SSSR count). The van der Waals surface area contributed by atoms with E-state index in [0.717, 1.165) is 38.7 Å². The minimum atomic E-state index is 0.630. The highest BCUT2D eigenvalue weighted by molar-refractivity contribution is 5.80. The molecule has 1 aliphatic rings. The normalized spacial score (nSPS) is 15.6. The molecule has 1 aromatic rings. The van der Waals surface area contributed by atoms with E-state index in [0.29, 0.717) is 19.8 Å². The second kappa shape index (κ2) is 10.3. The first-order chi connectivity index (χ1) is 12.2. The first-order valence-corrected chi connectivity index (χ1v) is 9.00. The van der Waals surface area contributed by atoms with Crippen molar-refractivity contribution in [3.63, 3.8) is 0 Å². The van der Waals surface area contributed by atoms with Crippen LogP contribution in [0.3, 0.4) is 0 Å². The molecule has 0 spiro atoms. The molecule has 0 unspecified atom stereocenters. The molecule has 1 N–H and O–H groups in total. The van der Waals surface area contributed by atoms with Crippen LogP contribution < -0.4 is 10.2 Å². The third kappa shape index (κ3) is 5.61. The van der Waals surface area contributed by atoms with Gasteiger partial charge in [-0.3, -0.25) is 4.99 Å². The van der Waals surface area contributed by atoms with Gasteiger partial charge in [-0.05, 0) is 31.0 Å². The maximum Gasteiger partial charge on any atom is 0.193 e. The molecule has 0 atom stereocenters. The smallest absolute Gasteiger partial charge is 0.193 e. The number of anilines is 1. The highest BCUT2D eigenvalue weighted by Gasteiger charge is 2.20. The van der Waals surface area contributed by atoms with E-state index < -0.39 is 0 Å². The summed E-state index contributed by atoms with van der Waals surface area (Å²) in [5, 5.41) is 3.38. The molecular formula is C19H32N4O2. The van der Waals surface area contributed by atoms with Crippen LogP contribution in [0.5, 0.6) is 0 Å². The number of nitrogens with zero attached hydrogens (tertiary/aromatic N) is 3. The lowest BCUT2D eigenvalue weighted by Crippen LogP contribution is -2.53. The van der Waals surface area contributed by atoms with Crippen molar-refractivity contribution in [2.45, 2.75) is 13.8 Å². The summed E-state index contributed by atoms with van der Waals surface area (Å²) in [7, 11) is 3.52. The summed E-state index contributed by atoms with van der Waals surface area (Å²) < 4.78 is 10.5. The fourth-order valence-electron chi connectivity index (χ4n) is 3.05. The Morgan fingerprint density at radius 2 is 1.88 bits per heavy atom. The highest BCUT2D eigenvalue weighted by atomic mass is 16.5. The van der Waals surface area contributed by atoms with Crippen LogP contribution in [0, 0.1) is 13.8 Å². The molecule has 0 bridgehead atoms. The van der Waals surface area contributed by atoms with E-state index in [9.17, 15) is 0 Å². The van der Waals surface area contributed by atoms with Gasteiger partial charge in [0.15, 0.2) is 5.96 Å². The summed E-state index contributed by atoms with van der Waals surface area (Å²) in [6, 6.07) is 6.55. The lowest BCUT2D eigenvalue weighted by molar-refractivity contribution is 0.0731. The fraction of sp³-hybridized carbons (Fsp3) is 0.632. The second-order valence-electron chi connectivity index (χ2n) is 6.27. The van der Waals surface area contributed by atoms with E-state index in [1.807, 2.05) is 7.05 Å². The molecule has 1 saturated heterocycles. The van der Waals surface area contributed by atoms with E-state index in [1.54, 1.807) is 7.11 Å².